The van der Waals surface area contributed by atoms with Gasteiger partial charge in [0.15, 0.2) is 0 Å². The van der Waals surface area contributed by atoms with Crippen LogP contribution in [0.15, 0.2) is 24.3 Å². The van der Waals surface area contributed by atoms with E-state index in [1.807, 2.05) is 0 Å². The van der Waals surface area contributed by atoms with E-state index in [1.165, 1.54) is 43.8 Å². The standard InChI is InChI=1S/C15H23NOS/c1-3-9-16-10-8-15(18-12-11-16)13-4-6-14(17-2)7-5-13/h4-7,15H,3,8-12H2,1-2H3. The first kappa shape index (κ1) is 13.8. The van der Waals surface area contributed by atoms with E-state index in [0.717, 1.165) is 5.75 Å². The van der Waals surface area contributed by atoms with Crippen LogP contribution in [0, 0.1) is 0 Å². The highest BCUT2D eigenvalue weighted by atomic mass is 32.2. The molecule has 0 radical (unpaired) electrons. The van der Waals surface area contributed by atoms with Crippen molar-refractivity contribution in [1.82, 2.24) is 4.90 Å². The topological polar surface area (TPSA) is 12.5 Å². The minimum Gasteiger partial charge on any atom is -0.497 e. The highest BCUT2D eigenvalue weighted by Crippen LogP contribution is 2.34. The monoisotopic (exact) mass is 265 g/mol. The van der Waals surface area contributed by atoms with Gasteiger partial charge in [-0.2, -0.15) is 11.8 Å². The van der Waals surface area contributed by atoms with E-state index in [-0.39, 0.29) is 0 Å². The van der Waals surface area contributed by atoms with Gasteiger partial charge in [0.2, 0.25) is 0 Å². The van der Waals surface area contributed by atoms with Crippen LogP contribution in [-0.4, -0.2) is 37.4 Å². The fraction of sp³-hybridized carbons (Fsp3) is 0.600. The highest BCUT2D eigenvalue weighted by Gasteiger charge is 2.18. The van der Waals surface area contributed by atoms with E-state index in [2.05, 4.69) is 47.9 Å². The third-order valence-corrected chi connectivity index (χ3v) is 4.79. The van der Waals surface area contributed by atoms with Crippen LogP contribution in [0.25, 0.3) is 0 Å². The zero-order chi connectivity index (χ0) is 12.8. The van der Waals surface area contributed by atoms with Crippen LogP contribution in [-0.2, 0) is 0 Å². The lowest BCUT2D eigenvalue weighted by atomic mass is 10.1. The molecule has 18 heavy (non-hydrogen) atoms. The van der Waals surface area contributed by atoms with Crippen LogP contribution in [0.4, 0.5) is 0 Å². The summed E-state index contributed by atoms with van der Waals surface area (Å²) in [6, 6.07) is 8.58. The fourth-order valence-electron chi connectivity index (χ4n) is 2.44. The Kier molecular flexibility index (Phi) is 5.39. The minimum absolute atomic E-state index is 0.651. The van der Waals surface area contributed by atoms with Crippen LogP contribution in [0.5, 0.6) is 5.75 Å². The van der Waals surface area contributed by atoms with E-state index < -0.39 is 0 Å². The zero-order valence-electron chi connectivity index (χ0n) is 11.4. The van der Waals surface area contributed by atoms with Gasteiger partial charge >= 0.3 is 0 Å². The Balaban J connectivity index is 1.96. The Labute approximate surface area is 115 Å². The van der Waals surface area contributed by atoms with Gasteiger partial charge in [-0.05, 0) is 43.6 Å². The van der Waals surface area contributed by atoms with E-state index >= 15 is 0 Å². The van der Waals surface area contributed by atoms with Crippen molar-refractivity contribution in [3.05, 3.63) is 29.8 Å². The molecule has 2 nitrogen and oxygen atoms in total. The molecule has 2 rings (SSSR count). The van der Waals surface area contributed by atoms with Crippen molar-refractivity contribution in [1.29, 1.82) is 0 Å². The van der Waals surface area contributed by atoms with Crippen molar-refractivity contribution in [3.63, 3.8) is 0 Å². The molecule has 0 saturated carbocycles. The molecule has 1 aromatic rings. The second kappa shape index (κ2) is 7.05. The second-order valence-electron chi connectivity index (χ2n) is 4.76. The van der Waals surface area contributed by atoms with Crippen LogP contribution in [0.1, 0.15) is 30.6 Å². The third kappa shape index (κ3) is 3.66. The summed E-state index contributed by atoms with van der Waals surface area (Å²) in [5.41, 5.74) is 1.44. The largest absolute Gasteiger partial charge is 0.497 e. The Morgan fingerprint density at radius 1 is 1.28 bits per heavy atom. The number of ether oxygens (including phenoxy) is 1. The van der Waals surface area contributed by atoms with Crippen LogP contribution >= 0.6 is 11.8 Å². The molecule has 0 aliphatic carbocycles. The lowest BCUT2D eigenvalue weighted by Gasteiger charge is -2.18. The number of hydrogen-bond donors (Lipinski definition) is 0. The Morgan fingerprint density at radius 3 is 2.72 bits per heavy atom. The van der Waals surface area contributed by atoms with Gasteiger partial charge in [-0.15, -0.1) is 0 Å². The molecule has 0 amide bonds. The average molecular weight is 265 g/mol. The highest BCUT2D eigenvalue weighted by molar-refractivity contribution is 7.99. The molecule has 0 spiro atoms. The first-order valence-corrected chi connectivity index (χ1v) is 7.86. The minimum atomic E-state index is 0.651. The molecular weight excluding hydrogens is 242 g/mol. The van der Waals surface area contributed by atoms with Gasteiger partial charge in [-0.3, -0.25) is 0 Å². The fourth-order valence-corrected chi connectivity index (χ4v) is 3.71. The molecule has 0 bridgehead atoms. The molecule has 1 aromatic carbocycles. The van der Waals surface area contributed by atoms with E-state index in [1.54, 1.807) is 7.11 Å². The average Bonchev–Trinajstić information content (AvgIpc) is 2.65. The summed E-state index contributed by atoms with van der Waals surface area (Å²) in [5, 5.41) is 0.651. The Hall–Kier alpha value is -0.670. The third-order valence-electron chi connectivity index (χ3n) is 3.46. The van der Waals surface area contributed by atoms with Crippen molar-refractivity contribution in [2.24, 2.45) is 0 Å². The number of nitrogens with zero attached hydrogens (tertiary/aromatic N) is 1. The zero-order valence-corrected chi connectivity index (χ0v) is 12.2. The molecule has 3 heteroatoms. The first-order valence-electron chi connectivity index (χ1n) is 6.81. The summed E-state index contributed by atoms with van der Waals surface area (Å²) in [5.74, 6) is 2.20. The normalized spacial score (nSPS) is 21.6. The van der Waals surface area contributed by atoms with Gasteiger partial charge in [0.05, 0.1) is 7.11 Å². The van der Waals surface area contributed by atoms with Crippen LogP contribution < -0.4 is 4.74 Å². The maximum Gasteiger partial charge on any atom is 0.118 e. The molecule has 1 atom stereocenters. The number of thioether (sulfide) groups is 1. The Bertz CT molecular complexity index is 352. The molecule has 1 saturated heterocycles. The van der Waals surface area contributed by atoms with Gasteiger partial charge in [0.1, 0.15) is 5.75 Å². The predicted molar refractivity (Wildman–Crippen MR) is 79.5 cm³/mol. The lowest BCUT2D eigenvalue weighted by Crippen LogP contribution is -2.26. The van der Waals surface area contributed by atoms with Gasteiger partial charge in [-0.25, -0.2) is 0 Å². The summed E-state index contributed by atoms with van der Waals surface area (Å²) in [7, 11) is 1.72. The molecule has 1 heterocycles. The van der Waals surface area contributed by atoms with Crippen molar-refractivity contribution >= 4 is 11.8 Å². The number of rotatable bonds is 4. The van der Waals surface area contributed by atoms with Crippen molar-refractivity contribution in [2.75, 3.05) is 32.5 Å². The maximum absolute atomic E-state index is 5.22. The van der Waals surface area contributed by atoms with E-state index in [4.69, 9.17) is 4.74 Å². The van der Waals surface area contributed by atoms with Crippen molar-refractivity contribution in [3.8, 4) is 5.75 Å². The first-order chi connectivity index (χ1) is 8.83. The molecule has 1 fully saturated rings. The molecular formula is C15H23NOS. The second-order valence-corrected chi connectivity index (χ2v) is 6.07. The summed E-state index contributed by atoms with van der Waals surface area (Å²) in [4.78, 5) is 2.59. The van der Waals surface area contributed by atoms with Crippen molar-refractivity contribution in [2.45, 2.75) is 25.0 Å². The van der Waals surface area contributed by atoms with Crippen molar-refractivity contribution < 1.29 is 4.74 Å². The van der Waals surface area contributed by atoms with Crippen LogP contribution in [0.2, 0.25) is 0 Å². The quantitative estimate of drug-likeness (QED) is 0.825. The number of benzene rings is 1. The van der Waals surface area contributed by atoms with E-state index in [0.29, 0.717) is 5.25 Å². The number of hydrogen-bond acceptors (Lipinski definition) is 3. The SMILES string of the molecule is CCCN1CCSC(c2ccc(OC)cc2)CC1. The summed E-state index contributed by atoms with van der Waals surface area (Å²) < 4.78 is 5.22. The number of methoxy groups -OCH3 is 1. The molecule has 1 aliphatic rings. The lowest BCUT2D eigenvalue weighted by molar-refractivity contribution is 0.291. The molecule has 0 N–H and O–H groups in total. The Morgan fingerprint density at radius 2 is 2.06 bits per heavy atom. The molecule has 0 aromatic heterocycles. The van der Waals surface area contributed by atoms with Gasteiger partial charge in [-0.1, -0.05) is 19.1 Å². The molecule has 1 unspecified atom stereocenters. The van der Waals surface area contributed by atoms with Gasteiger partial charge in [0.25, 0.3) is 0 Å². The predicted octanol–water partition coefficient (Wildman–Crippen LogP) is 3.59. The summed E-state index contributed by atoms with van der Waals surface area (Å²) >= 11 is 2.10. The van der Waals surface area contributed by atoms with Gasteiger partial charge in [0, 0.05) is 17.5 Å². The maximum atomic E-state index is 5.22. The van der Waals surface area contributed by atoms with Gasteiger partial charge < -0.3 is 9.64 Å². The molecule has 1 aliphatic heterocycles. The summed E-state index contributed by atoms with van der Waals surface area (Å²) in [6.07, 6.45) is 2.52. The van der Waals surface area contributed by atoms with E-state index in [9.17, 15) is 0 Å². The molecule has 100 valence electrons. The summed E-state index contributed by atoms with van der Waals surface area (Å²) in [6.45, 7) is 5.98. The van der Waals surface area contributed by atoms with Crippen LogP contribution in [0.3, 0.4) is 0 Å². The smallest absolute Gasteiger partial charge is 0.118 e.